The number of nitrogens with one attached hydrogen (secondary N) is 1. The molecule has 1 N–H and O–H groups in total. The molecule has 0 saturated carbocycles. The summed E-state index contributed by atoms with van der Waals surface area (Å²) in [4.78, 5) is 15.4. The molecule has 0 bridgehead atoms. The molecular formula is C8H6N4O. The van der Waals surface area contributed by atoms with Crippen molar-refractivity contribution in [3.8, 4) is 0 Å². The van der Waals surface area contributed by atoms with Gasteiger partial charge in [-0.1, -0.05) is 0 Å². The zero-order chi connectivity index (χ0) is 8.84. The second kappa shape index (κ2) is 2.07. The van der Waals surface area contributed by atoms with Crippen LogP contribution >= 0.6 is 0 Å². The molecule has 5 nitrogen and oxygen atoms in total. The molecule has 0 aliphatic rings. The van der Waals surface area contributed by atoms with Gasteiger partial charge >= 0.3 is 0 Å². The molecule has 0 atom stereocenters. The molecule has 0 spiro atoms. The zero-order valence-electron chi connectivity index (χ0n) is 6.90. The van der Waals surface area contributed by atoms with Gasteiger partial charge in [-0.2, -0.15) is 0 Å². The maximum absolute atomic E-state index is 5.28. The molecule has 0 aliphatic heterocycles. The lowest BCUT2D eigenvalue weighted by Gasteiger charge is -1.86. The van der Waals surface area contributed by atoms with Crippen molar-refractivity contribution in [3.63, 3.8) is 0 Å². The van der Waals surface area contributed by atoms with Crippen molar-refractivity contribution in [2.24, 2.45) is 0 Å². The number of rotatable bonds is 0. The van der Waals surface area contributed by atoms with Gasteiger partial charge in [0.25, 0.3) is 0 Å². The minimum Gasteiger partial charge on any atom is -0.423 e. The van der Waals surface area contributed by atoms with Crippen molar-refractivity contribution in [3.05, 3.63) is 18.4 Å². The molecule has 0 radical (unpaired) electrons. The summed E-state index contributed by atoms with van der Waals surface area (Å²) in [5.41, 5.74) is 2.98. The largest absolute Gasteiger partial charge is 0.423 e. The quantitative estimate of drug-likeness (QED) is 0.559. The fraction of sp³-hybridized carbons (Fsp3) is 0.125. The number of fused-ring (bicyclic) bond motifs is 3. The average molecular weight is 174 g/mol. The smallest absolute Gasteiger partial charge is 0.249 e. The number of hydrogen-bond acceptors (Lipinski definition) is 4. The number of nitrogens with zero attached hydrogens (tertiary/aromatic N) is 3. The summed E-state index contributed by atoms with van der Waals surface area (Å²) >= 11 is 0. The molecule has 13 heavy (non-hydrogen) atoms. The molecule has 0 saturated heterocycles. The van der Waals surface area contributed by atoms with E-state index in [1.165, 1.54) is 0 Å². The van der Waals surface area contributed by atoms with Crippen LogP contribution in [0.1, 0.15) is 5.89 Å². The number of hydrogen-bond donors (Lipinski definition) is 1. The minimum absolute atomic E-state index is 0.550. The highest BCUT2D eigenvalue weighted by Crippen LogP contribution is 2.19. The minimum atomic E-state index is 0.550. The fourth-order valence-corrected chi connectivity index (χ4v) is 1.38. The SMILES string of the molecule is Cc1nc2c(ncc3nc[nH]c32)o1. The van der Waals surface area contributed by atoms with Crippen LogP contribution in [0.15, 0.2) is 16.9 Å². The van der Waals surface area contributed by atoms with Crippen molar-refractivity contribution in [1.82, 2.24) is 19.9 Å². The Kier molecular flexibility index (Phi) is 1.05. The molecule has 3 aromatic rings. The maximum Gasteiger partial charge on any atom is 0.249 e. The van der Waals surface area contributed by atoms with Crippen LogP contribution in [-0.4, -0.2) is 19.9 Å². The Hall–Kier alpha value is -1.91. The van der Waals surface area contributed by atoms with Crippen LogP contribution in [-0.2, 0) is 0 Å². The fourth-order valence-electron chi connectivity index (χ4n) is 1.38. The molecule has 0 fully saturated rings. The predicted octanol–water partition coefficient (Wildman–Crippen LogP) is 1.41. The zero-order valence-corrected chi connectivity index (χ0v) is 6.90. The normalized spacial score (nSPS) is 11.5. The van der Waals surface area contributed by atoms with E-state index in [4.69, 9.17) is 4.42 Å². The van der Waals surface area contributed by atoms with Crippen LogP contribution in [0.25, 0.3) is 22.3 Å². The first-order chi connectivity index (χ1) is 6.34. The van der Waals surface area contributed by atoms with Gasteiger partial charge in [0.15, 0.2) is 11.4 Å². The lowest BCUT2D eigenvalue weighted by molar-refractivity contribution is 0.551. The van der Waals surface area contributed by atoms with Gasteiger partial charge in [-0.05, 0) is 0 Å². The number of aryl methyl sites for hydroxylation is 1. The van der Waals surface area contributed by atoms with Gasteiger partial charge in [0.1, 0.15) is 5.52 Å². The summed E-state index contributed by atoms with van der Waals surface area (Å²) in [6.07, 6.45) is 3.29. The third-order valence-corrected chi connectivity index (χ3v) is 1.93. The third kappa shape index (κ3) is 0.780. The van der Waals surface area contributed by atoms with E-state index in [0.29, 0.717) is 11.6 Å². The third-order valence-electron chi connectivity index (χ3n) is 1.93. The first-order valence-corrected chi connectivity index (χ1v) is 3.90. The van der Waals surface area contributed by atoms with E-state index in [9.17, 15) is 0 Å². The van der Waals surface area contributed by atoms with Crippen molar-refractivity contribution >= 4 is 22.3 Å². The molecule has 3 heterocycles. The molecule has 0 aliphatic carbocycles. The highest BCUT2D eigenvalue weighted by Gasteiger charge is 2.08. The van der Waals surface area contributed by atoms with E-state index < -0.39 is 0 Å². The molecule has 0 unspecified atom stereocenters. The first kappa shape index (κ1) is 6.59. The van der Waals surface area contributed by atoms with E-state index in [2.05, 4.69) is 19.9 Å². The van der Waals surface area contributed by atoms with Crippen LogP contribution in [0.2, 0.25) is 0 Å². The van der Waals surface area contributed by atoms with E-state index in [-0.39, 0.29) is 0 Å². The molecule has 3 rings (SSSR count). The lowest BCUT2D eigenvalue weighted by atomic mass is 10.4. The van der Waals surface area contributed by atoms with E-state index in [0.717, 1.165) is 16.6 Å². The van der Waals surface area contributed by atoms with Crippen LogP contribution < -0.4 is 0 Å². The topological polar surface area (TPSA) is 67.6 Å². The van der Waals surface area contributed by atoms with Crippen molar-refractivity contribution in [2.75, 3.05) is 0 Å². The second-order valence-electron chi connectivity index (χ2n) is 2.81. The van der Waals surface area contributed by atoms with Crippen LogP contribution in [0.5, 0.6) is 0 Å². The summed E-state index contributed by atoms with van der Waals surface area (Å²) in [6.45, 7) is 1.80. The summed E-state index contributed by atoms with van der Waals surface area (Å²) in [5, 5.41) is 0. The van der Waals surface area contributed by atoms with Crippen molar-refractivity contribution < 1.29 is 4.42 Å². The van der Waals surface area contributed by atoms with Crippen molar-refractivity contribution in [1.29, 1.82) is 0 Å². The van der Waals surface area contributed by atoms with E-state index in [1.807, 2.05) is 0 Å². The number of aromatic amines is 1. The van der Waals surface area contributed by atoms with Gasteiger partial charge in [0.2, 0.25) is 5.71 Å². The van der Waals surface area contributed by atoms with Gasteiger partial charge < -0.3 is 9.40 Å². The number of pyridine rings is 1. The lowest BCUT2D eigenvalue weighted by Crippen LogP contribution is -1.77. The molecule has 5 heteroatoms. The highest BCUT2D eigenvalue weighted by atomic mass is 16.4. The number of imidazole rings is 1. The van der Waals surface area contributed by atoms with Gasteiger partial charge in [-0.25, -0.2) is 15.0 Å². The maximum atomic E-state index is 5.28. The van der Waals surface area contributed by atoms with Crippen LogP contribution in [0.3, 0.4) is 0 Å². The monoisotopic (exact) mass is 174 g/mol. The summed E-state index contributed by atoms with van der Waals surface area (Å²) in [5.74, 6) is 0.615. The highest BCUT2D eigenvalue weighted by molar-refractivity contribution is 5.96. The summed E-state index contributed by atoms with van der Waals surface area (Å²) in [7, 11) is 0. The van der Waals surface area contributed by atoms with Crippen LogP contribution in [0, 0.1) is 6.92 Å². The van der Waals surface area contributed by atoms with E-state index in [1.54, 1.807) is 19.4 Å². The number of H-pyrrole nitrogens is 1. The second-order valence-corrected chi connectivity index (χ2v) is 2.81. The Bertz CT molecular complexity index is 580. The van der Waals surface area contributed by atoms with Gasteiger partial charge in [0.05, 0.1) is 18.0 Å². The number of oxazole rings is 1. The molecular weight excluding hydrogens is 168 g/mol. The first-order valence-electron chi connectivity index (χ1n) is 3.90. The molecule has 0 amide bonds. The number of aromatic nitrogens is 4. The van der Waals surface area contributed by atoms with Crippen molar-refractivity contribution in [2.45, 2.75) is 6.92 Å². The Balaban J connectivity index is 2.64. The molecule has 0 aromatic carbocycles. The van der Waals surface area contributed by atoms with Gasteiger partial charge in [-0.15, -0.1) is 0 Å². The Morgan fingerprint density at radius 3 is 3.23 bits per heavy atom. The standard InChI is InChI=1S/C8H6N4O/c1-4-12-7-6-5(10-3-11-6)2-9-8(7)13-4/h2-3H,1H3,(H,10,11). The summed E-state index contributed by atoms with van der Waals surface area (Å²) in [6, 6.07) is 0. The van der Waals surface area contributed by atoms with E-state index >= 15 is 0 Å². The summed E-state index contributed by atoms with van der Waals surface area (Å²) < 4.78 is 5.28. The Morgan fingerprint density at radius 2 is 2.31 bits per heavy atom. The Morgan fingerprint density at radius 1 is 1.38 bits per heavy atom. The predicted molar refractivity (Wildman–Crippen MR) is 46.2 cm³/mol. The van der Waals surface area contributed by atoms with Gasteiger partial charge in [0, 0.05) is 6.92 Å². The molecule has 3 aromatic heterocycles. The molecule has 64 valence electrons. The Labute approximate surface area is 72.8 Å². The van der Waals surface area contributed by atoms with Gasteiger partial charge in [-0.3, -0.25) is 0 Å². The average Bonchev–Trinajstić information content (AvgIpc) is 2.65. The van der Waals surface area contributed by atoms with Crippen LogP contribution in [0.4, 0.5) is 0 Å².